The maximum atomic E-state index is 13.0. The van der Waals surface area contributed by atoms with Gasteiger partial charge in [-0.1, -0.05) is 24.6 Å². The summed E-state index contributed by atoms with van der Waals surface area (Å²) in [4.78, 5) is 20.9. The molecule has 24 heavy (non-hydrogen) atoms. The number of hydrogen-bond acceptors (Lipinski definition) is 4. The van der Waals surface area contributed by atoms with E-state index < -0.39 is 0 Å². The molecule has 1 aliphatic carbocycles. The van der Waals surface area contributed by atoms with Crippen molar-refractivity contribution in [3.63, 3.8) is 0 Å². The van der Waals surface area contributed by atoms with Crippen molar-refractivity contribution in [3.8, 4) is 11.4 Å². The zero-order chi connectivity index (χ0) is 16.9. The quantitative estimate of drug-likeness (QED) is 0.662. The first kappa shape index (κ1) is 16.9. The highest BCUT2D eigenvalue weighted by atomic mass is 32.2. The molecular weight excluding hydrogens is 325 g/mol. The van der Waals surface area contributed by atoms with Crippen LogP contribution in [0.3, 0.4) is 0 Å². The largest absolute Gasteiger partial charge is 0.353 e. The Morgan fingerprint density at radius 3 is 2.67 bits per heavy atom. The van der Waals surface area contributed by atoms with Crippen LogP contribution in [0, 0.1) is 12.7 Å². The molecule has 4 nitrogen and oxygen atoms in total. The van der Waals surface area contributed by atoms with Crippen LogP contribution in [0.25, 0.3) is 11.4 Å². The molecule has 0 aliphatic heterocycles. The summed E-state index contributed by atoms with van der Waals surface area (Å²) in [5, 5.41) is 3.82. The molecule has 1 aromatic carbocycles. The molecule has 0 bridgehead atoms. The van der Waals surface area contributed by atoms with Gasteiger partial charge in [0, 0.05) is 17.3 Å². The van der Waals surface area contributed by atoms with E-state index in [4.69, 9.17) is 0 Å². The van der Waals surface area contributed by atoms with E-state index in [1.807, 2.05) is 13.0 Å². The van der Waals surface area contributed by atoms with E-state index in [0.29, 0.717) is 17.6 Å². The average Bonchev–Trinajstić information content (AvgIpc) is 3.06. The predicted octanol–water partition coefficient (Wildman–Crippen LogP) is 3.74. The Kier molecular flexibility index (Phi) is 5.45. The summed E-state index contributed by atoms with van der Waals surface area (Å²) in [6.45, 7) is 1.89. The summed E-state index contributed by atoms with van der Waals surface area (Å²) >= 11 is 1.40. The summed E-state index contributed by atoms with van der Waals surface area (Å²) in [6.07, 6.45) is 4.56. The first-order chi connectivity index (χ1) is 11.6. The van der Waals surface area contributed by atoms with Crippen molar-refractivity contribution in [2.45, 2.75) is 43.7 Å². The summed E-state index contributed by atoms with van der Waals surface area (Å²) in [5.74, 6) is 0.653. The van der Waals surface area contributed by atoms with Gasteiger partial charge in [-0.15, -0.1) is 0 Å². The standard InChI is InChI=1S/C18H20FN3OS/c1-12-10-17(24-11-16(23)21-15-4-2-3-5-15)22-18(20-12)13-6-8-14(19)9-7-13/h6-10,15H,2-5,11H2,1H3,(H,21,23). The van der Waals surface area contributed by atoms with Crippen molar-refractivity contribution < 1.29 is 9.18 Å². The Morgan fingerprint density at radius 2 is 1.96 bits per heavy atom. The van der Waals surface area contributed by atoms with Gasteiger partial charge in [-0.2, -0.15) is 0 Å². The van der Waals surface area contributed by atoms with Gasteiger partial charge in [-0.05, 0) is 50.1 Å². The highest BCUT2D eigenvalue weighted by molar-refractivity contribution is 7.99. The van der Waals surface area contributed by atoms with Crippen molar-refractivity contribution >= 4 is 17.7 Å². The molecule has 0 atom stereocenters. The van der Waals surface area contributed by atoms with Gasteiger partial charge in [0.15, 0.2) is 5.82 Å². The van der Waals surface area contributed by atoms with Gasteiger partial charge in [0.1, 0.15) is 10.8 Å². The van der Waals surface area contributed by atoms with E-state index in [1.165, 1.54) is 36.7 Å². The van der Waals surface area contributed by atoms with Crippen molar-refractivity contribution in [2.24, 2.45) is 0 Å². The van der Waals surface area contributed by atoms with E-state index >= 15 is 0 Å². The van der Waals surface area contributed by atoms with E-state index in [2.05, 4.69) is 15.3 Å². The van der Waals surface area contributed by atoms with Crippen molar-refractivity contribution in [3.05, 3.63) is 41.8 Å². The average molecular weight is 345 g/mol. The van der Waals surface area contributed by atoms with Crippen LogP contribution in [0.4, 0.5) is 4.39 Å². The Labute approximate surface area is 145 Å². The molecule has 1 fully saturated rings. The van der Waals surface area contributed by atoms with Gasteiger partial charge in [0.25, 0.3) is 0 Å². The van der Waals surface area contributed by atoms with Gasteiger partial charge in [-0.3, -0.25) is 4.79 Å². The van der Waals surface area contributed by atoms with Crippen LogP contribution in [-0.2, 0) is 4.79 Å². The number of hydrogen-bond donors (Lipinski definition) is 1. The van der Waals surface area contributed by atoms with Gasteiger partial charge in [0.2, 0.25) is 5.91 Å². The molecule has 0 unspecified atom stereocenters. The molecule has 3 rings (SSSR count). The number of carbonyl (C=O) groups is 1. The smallest absolute Gasteiger partial charge is 0.230 e. The monoisotopic (exact) mass is 345 g/mol. The van der Waals surface area contributed by atoms with Crippen LogP contribution in [0.15, 0.2) is 35.4 Å². The van der Waals surface area contributed by atoms with Gasteiger partial charge in [0.05, 0.1) is 5.75 Å². The van der Waals surface area contributed by atoms with Gasteiger partial charge in [-0.25, -0.2) is 14.4 Å². The fourth-order valence-corrected chi connectivity index (χ4v) is 3.59. The number of aromatic nitrogens is 2. The SMILES string of the molecule is Cc1cc(SCC(=O)NC2CCCC2)nc(-c2ccc(F)cc2)n1. The summed E-state index contributed by atoms with van der Waals surface area (Å²) < 4.78 is 13.0. The number of rotatable bonds is 5. The summed E-state index contributed by atoms with van der Waals surface area (Å²) in [5.41, 5.74) is 1.58. The lowest BCUT2D eigenvalue weighted by Gasteiger charge is -2.11. The fraction of sp³-hybridized carbons (Fsp3) is 0.389. The minimum absolute atomic E-state index is 0.0477. The lowest BCUT2D eigenvalue weighted by Crippen LogP contribution is -2.33. The maximum Gasteiger partial charge on any atom is 0.230 e. The molecule has 126 valence electrons. The van der Waals surface area contributed by atoms with Crippen LogP contribution >= 0.6 is 11.8 Å². The molecule has 1 N–H and O–H groups in total. The number of halogens is 1. The Bertz CT molecular complexity index is 715. The Morgan fingerprint density at radius 1 is 1.25 bits per heavy atom. The van der Waals surface area contributed by atoms with Crippen molar-refractivity contribution in [1.82, 2.24) is 15.3 Å². The number of aryl methyl sites for hydroxylation is 1. The minimum atomic E-state index is -0.287. The first-order valence-electron chi connectivity index (χ1n) is 8.14. The maximum absolute atomic E-state index is 13.0. The molecule has 6 heteroatoms. The number of thioether (sulfide) groups is 1. The number of nitrogens with one attached hydrogen (secondary N) is 1. The third-order valence-corrected chi connectivity index (χ3v) is 4.92. The molecule has 1 heterocycles. The van der Waals surface area contributed by atoms with Crippen molar-refractivity contribution in [2.75, 3.05) is 5.75 Å². The van der Waals surface area contributed by atoms with Gasteiger partial charge < -0.3 is 5.32 Å². The fourth-order valence-electron chi connectivity index (χ4n) is 2.82. The molecule has 0 radical (unpaired) electrons. The molecule has 1 amide bonds. The van der Waals surface area contributed by atoms with E-state index in [0.717, 1.165) is 29.1 Å². The molecule has 0 spiro atoms. The summed E-state index contributed by atoms with van der Waals surface area (Å²) in [6, 6.07) is 8.29. The lowest BCUT2D eigenvalue weighted by molar-refractivity contribution is -0.119. The van der Waals surface area contributed by atoms with Crippen LogP contribution < -0.4 is 5.32 Å². The zero-order valence-corrected chi connectivity index (χ0v) is 14.4. The second kappa shape index (κ2) is 7.75. The van der Waals surface area contributed by atoms with E-state index in [-0.39, 0.29) is 11.7 Å². The second-order valence-corrected chi connectivity index (χ2v) is 7.01. The molecule has 1 aromatic heterocycles. The number of benzene rings is 1. The normalized spacial score (nSPS) is 14.8. The summed E-state index contributed by atoms with van der Waals surface area (Å²) in [7, 11) is 0. The van der Waals surface area contributed by atoms with Crippen LogP contribution in [0.5, 0.6) is 0 Å². The van der Waals surface area contributed by atoms with Crippen LogP contribution in [-0.4, -0.2) is 27.7 Å². The molecular formula is C18H20FN3OS. The van der Waals surface area contributed by atoms with E-state index in [9.17, 15) is 9.18 Å². The van der Waals surface area contributed by atoms with E-state index in [1.54, 1.807) is 12.1 Å². The molecule has 0 saturated heterocycles. The Hall–Kier alpha value is -1.95. The number of carbonyl (C=O) groups excluding carboxylic acids is 1. The molecule has 2 aromatic rings. The Balaban J connectivity index is 1.65. The first-order valence-corrected chi connectivity index (χ1v) is 9.12. The van der Waals surface area contributed by atoms with Crippen LogP contribution in [0.1, 0.15) is 31.4 Å². The minimum Gasteiger partial charge on any atom is -0.353 e. The zero-order valence-electron chi connectivity index (χ0n) is 13.6. The van der Waals surface area contributed by atoms with Crippen molar-refractivity contribution in [1.29, 1.82) is 0 Å². The second-order valence-electron chi connectivity index (χ2n) is 6.02. The lowest BCUT2D eigenvalue weighted by atomic mass is 10.2. The highest BCUT2D eigenvalue weighted by Crippen LogP contribution is 2.22. The third-order valence-electron chi connectivity index (χ3n) is 4.00. The topological polar surface area (TPSA) is 54.9 Å². The van der Waals surface area contributed by atoms with Gasteiger partial charge >= 0.3 is 0 Å². The predicted molar refractivity (Wildman–Crippen MR) is 93.3 cm³/mol. The molecule has 1 aliphatic rings. The molecule has 1 saturated carbocycles. The number of amides is 1. The number of nitrogens with zero attached hydrogens (tertiary/aromatic N) is 2. The third kappa shape index (κ3) is 4.54. The highest BCUT2D eigenvalue weighted by Gasteiger charge is 2.17. The van der Waals surface area contributed by atoms with Crippen LogP contribution in [0.2, 0.25) is 0 Å².